The van der Waals surface area contributed by atoms with Crippen LogP contribution in [0.1, 0.15) is 6.92 Å². The van der Waals surface area contributed by atoms with Crippen molar-refractivity contribution in [3.63, 3.8) is 0 Å². The van der Waals surface area contributed by atoms with E-state index < -0.39 is 24.6 Å². The van der Waals surface area contributed by atoms with Gasteiger partial charge in [0.05, 0.1) is 6.61 Å². The van der Waals surface area contributed by atoms with Gasteiger partial charge < -0.3 is 4.74 Å². The predicted molar refractivity (Wildman–Crippen MR) is 38.7 cm³/mol. The monoisotopic (exact) mass is 240 g/mol. The zero-order chi connectivity index (χ0) is 12.3. The third-order valence-electron chi connectivity index (χ3n) is 1.72. The average Bonchev–Trinajstić information content (AvgIpc) is 2.00. The smallest absolute Gasteiger partial charge is 0.357 e. The second kappa shape index (κ2) is 4.54. The molecular weight excluding hydrogens is 230 g/mol. The first-order valence-corrected chi connectivity index (χ1v) is 3.77. The molecule has 0 aliphatic heterocycles. The average molecular weight is 240 g/mol. The lowest BCUT2D eigenvalue weighted by molar-refractivity contribution is -0.373. The molecule has 0 radical (unpaired) electrons. The third kappa shape index (κ3) is 3.21. The molecule has 3 nitrogen and oxygen atoms in total. The van der Waals surface area contributed by atoms with Crippen LogP contribution in [0.3, 0.4) is 0 Å². The van der Waals surface area contributed by atoms with Crippen molar-refractivity contribution in [1.82, 2.24) is 5.43 Å². The van der Waals surface area contributed by atoms with Gasteiger partial charge in [0.15, 0.2) is 0 Å². The minimum absolute atomic E-state index is 0.0660. The zero-order valence-corrected chi connectivity index (χ0v) is 7.67. The summed E-state index contributed by atoms with van der Waals surface area (Å²) in [6.07, 6.45) is -11.1. The van der Waals surface area contributed by atoms with E-state index in [1.54, 1.807) is 0 Å². The summed E-state index contributed by atoms with van der Waals surface area (Å²) < 4.78 is 76.6. The van der Waals surface area contributed by atoms with E-state index in [0.717, 1.165) is 0 Å². The van der Waals surface area contributed by atoms with Gasteiger partial charge in [-0.1, -0.05) is 0 Å². The first kappa shape index (κ1) is 14.5. The largest absolute Gasteiger partial charge is 0.426 e. The molecule has 0 saturated carbocycles. The van der Waals surface area contributed by atoms with Crippen LogP contribution >= 0.6 is 0 Å². The molecule has 15 heavy (non-hydrogen) atoms. The molecule has 0 unspecified atom stereocenters. The lowest BCUT2D eigenvalue weighted by Gasteiger charge is -2.33. The molecule has 0 rings (SSSR count). The van der Waals surface area contributed by atoms with Crippen molar-refractivity contribution < 1.29 is 31.1 Å². The molecule has 0 aromatic carbocycles. The van der Waals surface area contributed by atoms with Crippen molar-refractivity contribution in [1.29, 1.82) is 0 Å². The maximum atomic E-state index is 12.1. The van der Waals surface area contributed by atoms with Gasteiger partial charge in [0.25, 0.3) is 5.60 Å². The number of hydrogen-bond acceptors (Lipinski definition) is 3. The summed E-state index contributed by atoms with van der Waals surface area (Å²) in [5.74, 6) is 4.68. The molecule has 9 heteroatoms. The van der Waals surface area contributed by atoms with Crippen molar-refractivity contribution >= 4 is 0 Å². The highest BCUT2D eigenvalue weighted by molar-refractivity contribution is 4.91. The van der Waals surface area contributed by atoms with Crippen molar-refractivity contribution in [3.05, 3.63) is 0 Å². The molecule has 0 aromatic rings. The Morgan fingerprint density at radius 1 is 1.07 bits per heavy atom. The summed E-state index contributed by atoms with van der Waals surface area (Å²) in [6, 6.07) is 0. The van der Waals surface area contributed by atoms with Crippen LogP contribution in [0.25, 0.3) is 0 Å². The third-order valence-corrected chi connectivity index (χ3v) is 1.72. The second-order valence-corrected chi connectivity index (χ2v) is 2.83. The second-order valence-electron chi connectivity index (χ2n) is 2.83. The number of nitrogens with one attached hydrogen (secondary N) is 1. The number of ether oxygens (including phenoxy) is 1. The molecule has 92 valence electrons. The van der Waals surface area contributed by atoms with E-state index in [9.17, 15) is 26.3 Å². The first-order chi connectivity index (χ1) is 6.56. The number of hydrazine groups is 1. The van der Waals surface area contributed by atoms with Crippen LogP contribution < -0.4 is 11.3 Å². The van der Waals surface area contributed by atoms with Crippen LogP contribution in [0.2, 0.25) is 0 Å². The minimum Gasteiger partial charge on any atom is -0.357 e. The maximum Gasteiger partial charge on any atom is 0.426 e. The Kier molecular flexibility index (Phi) is 4.37. The molecule has 0 spiro atoms. The molecule has 0 aliphatic rings. The Morgan fingerprint density at radius 3 is 1.73 bits per heavy atom. The van der Waals surface area contributed by atoms with Gasteiger partial charge in [0.1, 0.15) is 0 Å². The normalized spacial score (nSPS) is 14.4. The summed E-state index contributed by atoms with van der Waals surface area (Å²) in [4.78, 5) is 0. The lowest BCUT2D eigenvalue weighted by atomic mass is 10.1. The first-order valence-electron chi connectivity index (χ1n) is 3.77. The van der Waals surface area contributed by atoms with Crippen molar-refractivity contribution in [3.8, 4) is 0 Å². The predicted octanol–water partition coefficient (Wildman–Crippen LogP) is 1.35. The zero-order valence-electron chi connectivity index (χ0n) is 7.67. The summed E-state index contributed by atoms with van der Waals surface area (Å²) in [7, 11) is 0. The highest BCUT2D eigenvalue weighted by Gasteiger charge is 2.69. The number of alkyl halides is 6. The van der Waals surface area contributed by atoms with Gasteiger partial charge in [-0.25, -0.2) is 0 Å². The summed E-state index contributed by atoms with van der Waals surface area (Å²) in [5.41, 5.74) is -2.29. The van der Waals surface area contributed by atoms with Crippen molar-refractivity contribution in [2.24, 2.45) is 5.84 Å². The fraction of sp³-hybridized carbons (Fsp3) is 1.00. The van der Waals surface area contributed by atoms with E-state index in [2.05, 4.69) is 10.6 Å². The van der Waals surface area contributed by atoms with Gasteiger partial charge in [0, 0.05) is 6.54 Å². The molecule has 0 atom stereocenters. The number of nitrogens with two attached hydrogens (primary N) is 1. The molecule has 0 saturated heterocycles. The van der Waals surface area contributed by atoms with Gasteiger partial charge in [-0.05, 0) is 6.92 Å². The molecule has 0 bridgehead atoms. The van der Waals surface area contributed by atoms with Gasteiger partial charge in [-0.3, -0.25) is 11.3 Å². The van der Waals surface area contributed by atoms with Crippen LogP contribution in [0.5, 0.6) is 0 Å². The summed E-state index contributed by atoms with van der Waals surface area (Å²) in [5, 5.41) is 0. The standard InChI is InChI=1S/C6H10F6N2O/c1-4(5(7,8)9,6(10,11)12)15-3-2-14-13/h14H,2-3,13H2,1H3. The van der Waals surface area contributed by atoms with E-state index in [4.69, 9.17) is 0 Å². The molecule has 0 aliphatic carbocycles. The van der Waals surface area contributed by atoms with Crippen molar-refractivity contribution in [2.45, 2.75) is 24.9 Å². The van der Waals surface area contributed by atoms with Gasteiger partial charge in [-0.15, -0.1) is 0 Å². The van der Waals surface area contributed by atoms with E-state index in [1.165, 1.54) is 0 Å². The molecule has 0 heterocycles. The van der Waals surface area contributed by atoms with Gasteiger partial charge in [-0.2, -0.15) is 26.3 Å². The molecule has 0 fully saturated rings. The van der Waals surface area contributed by atoms with Gasteiger partial charge in [0.2, 0.25) is 0 Å². The highest BCUT2D eigenvalue weighted by atomic mass is 19.4. The fourth-order valence-corrected chi connectivity index (χ4v) is 0.638. The Labute approximate surface area is 81.5 Å². The number of hydrogen-bond donors (Lipinski definition) is 2. The Hall–Kier alpha value is -0.540. The van der Waals surface area contributed by atoms with Crippen LogP contribution in [0.4, 0.5) is 26.3 Å². The minimum atomic E-state index is -5.53. The van der Waals surface area contributed by atoms with Crippen LogP contribution in [-0.4, -0.2) is 31.1 Å². The van der Waals surface area contributed by atoms with E-state index in [1.807, 2.05) is 5.43 Å². The van der Waals surface area contributed by atoms with E-state index in [-0.39, 0.29) is 13.5 Å². The van der Waals surface area contributed by atoms with Crippen LogP contribution in [0, 0.1) is 0 Å². The Balaban J connectivity index is 4.74. The van der Waals surface area contributed by atoms with E-state index >= 15 is 0 Å². The van der Waals surface area contributed by atoms with Gasteiger partial charge >= 0.3 is 12.4 Å². The lowest BCUT2D eigenvalue weighted by Crippen LogP contribution is -2.57. The van der Waals surface area contributed by atoms with Crippen LogP contribution in [0.15, 0.2) is 0 Å². The molecular formula is C6H10F6N2O. The van der Waals surface area contributed by atoms with Crippen molar-refractivity contribution in [2.75, 3.05) is 13.2 Å². The quantitative estimate of drug-likeness (QED) is 0.337. The molecule has 3 N–H and O–H groups in total. The fourth-order valence-electron chi connectivity index (χ4n) is 0.638. The maximum absolute atomic E-state index is 12.1. The van der Waals surface area contributed by atoms with Crippen LogP contribution in [-0.2, 0) is 4.74 Å². The summed E-state index contributed by atoms with van der Waals surface area (Å²) in [6.45, 7) is -1.18. The molecule has 0 amide bonds. The number of halogens is 6. The van der Waals surface area contributed by atoms with E-state index in [0.29, 0.717) is 0 Å². The SMILES string of the molecule is CC(OCCNN)(C(F)(F)F)C(F)(F)F. The number of rotatable bonds is 4. The topological polar surface area (TPSA) is 47.3 Å². The Morgan fingerprint density at radius 2 is 1.47 bits per heavy atom. The molecule has 0 aromatic heterocycles. The Bertz CT molecular complexity index is 187. The highest BCUT2D eigenvalue weighted by Crippen LogP contribution is 2.45. The summed E-state index contributed by atoms with van der Waals surface area (Å²) >= 11 is 0.